The normalized spacial score (nSPS) is 11.1. The Hall–Kier alpha value is -3.61. The van der Waals surface area contributed by atoms with Crippen LogP contribution >= 0.6 is 0 Å². The molecule has 0 bridgehead atoms. The summed E-state index contributed by atoms with van der Waals surface area (Å²) in [6.07, 6.45) is 3.50. The first kappa shape index (κ1) is 17.8. The number of aromatic nitrogens is 2. The third-order valence-corrected chi connectivity index (χ3v) is 4.98. The second kappa shape index (κ2) is 7.19. The van der Waals surface area contributed by atoms with Gasteiger partial charge in [-0.2, -0.15) is 0 Å². The molecule has 7 heteroatoms. The zero-order valence-electron chi connectivity index (χ0n) is 15.7. The van der Waals surface area contributed by atoms with Crippen LogP contribution in [0.15, 0.2) is 42.7 Å². The van der Waals surface area contributed by atoms with Gasteiger partial charge < -0.3 is 20.9 Å². The van der Waals surface area contributed by atoms with E-state index in [1.54, 1.807) is 19.4 Å². The van der Waals surface area contributed by atoms with Gasteiger partial charge in [0.05, 0.1) is 11.1 Å². The van der Waals surface area contributed by atoms with Gasteiger partial charge in [-0.15, -0.1) is 0 Å². The first-order valence-corrected chi connectivity index (χ1v) is 9.12. The second-order valence-corrected chi connectivity index (χ2v) is 6.60. The van der Waals surface area contributed by atoms with E-state index in [1.807, 2.05) is 24.3 Å². The number of aryl methyl sites for hydroxylation is 1. The molecule has 0 atom stereocenters. The molecule has 0 aliphatic heterocycles. The van der Waals surface area contributed by atoms with Crippen molar-refractivity contribution in [3.8, 4) is 0 Å². The van der Waals surface area contributed by atoms with Crippen LogP contribution in [0.4, 0.5) is 4.79 Å². The number of hydrogen-bond donors (Lipinski definition) is 4. The Bertz CT molecular complexity index is 1210. The van der Waals surface area contributed by atoms with Crippen molar-refractivity contribution in [2.75, 3.05) is 20.1 Å². The number of amides is 3. The first-order chi connectivity index (χ1) is 13.6. The molecule has 28 heavy (non-hydrogen) atoms. The first-order valence-electron chi connectivity index (χ1n) is 9.12. The highest BCUT2D eigenvalue weighted by atomic mass is 16.2. The summed E-state index contributed by atoms with van der Waals surface area (Å²) in [5, 5.41) is 12.0. The van der Waals surface area contributed by atoms with Crippen LogP contribution in [0, 0.1) is 6.92 Å². The fourth-order valence-corrected chi connectivity index (χ4v) is 3.66. The van der Waals surface area contributed by atoms with Crippen LogP contribution in [0.25, 0.3) is 32.6 Å². The van der Waals surface area contributed by atoms with Crippen molar-refractivity contribution >= 4 is 44.5 Å². The van der Waals surface area contributed by atoms with Crippen molar-refractivity contribution in [1.29, 1.82) is 0 Å². The molecule has 0 spiro atoms. The number of H-pyrrole nitrogens is 1. The summed E-state index contributed by atoms with van der Waals surface area (Å²) in [7, 11) is 1.55. The molecule has 4 N–H and O–H groups in total. The number of carbonyl (C=O) groups excluding carboxylic acids is 2. The number of nitrogens with one attached hydrogen (secondary N) is 4. The quantitative estimate of drug-likeness (QED) is 0.413. The van der Waals surface area contributed by atoms with Crippen LogP contribution in [0.3, 0.4) is 0 Å². The van der Waals surface area contributed by atoms with Crippen molar-refractivity contribution in [2.45, 2.75) is 6.92 Å². The minimum absolute atomic E-state index is 0.188. The van der Waals surface area contributed by atoms with Crippen LogP contribution in [0.2, 0.25) is 0 Å². The van der Waals surface area contributed by atoms with E-state index in [-0.39, 0.29) is 11.9 Å². The SMILES string of the molecule is CNC(=O)NCCNC(=O)c1c2ccncc2c(C)c2c1[nH]c1ccccc12. The van der Waals surface area contributed by atoms with Gasteiger partial charge in [0.25, 0.3) is 5.91 Å². The van der Waals surface area contributed by atoms with Gasteiger partial charge in [-0.05, 0) is 30.0 Å². The van der Waals surface area contributed by atoms with Gasteiger partial charge in [0.1, 0.15) is 0 Å². The van der Waals surface area contributed by atoms with E-state index in [0.717, 1.165) is 38.1 Å². The smallest absolute Gasteiger partial charge is 0.314 e. The number of nitrogens with zero attached hydrogens (tertiary/aromatic N) is 1. The number of rotatable bonds is 4. The van der Waals surface area contributed by atoms with Crippen molar-refractivity contribution < 1.29 is 9.59 Å². The highest BCUT2D eigenvalue weighted by Gasteiger charge is 2.20. The summed E-state index contributed by atoms with van der Waals surface area (Å²) >= 11 is 0. The average molecular weight is 375 g/mol. The zero-order valence-corrected chi connectivity index (χ0v) is 15.7. The molecule has 0 aliphatic carbocycles. The summed E-state index contributed by atoms with van der Waals surface area (Å²) in [5.74, 6) is -0.188. The van der Waals surface area contributed by atoms with Gasteiger partial charge in [0, 0.05) is 54.2 Å². The van der Waals surface area contributed by atoms with E-state index in [4.69, 9.17) is 0 Å². The highest BCUT2D eigenvalue weighted by molar-refractivity contribution is 6.24. The predicted octanol–water partition coefficient (Wildman–Crippen LogP) is 2.84. The predicted molar refractivity (Wildman–Crippen MR) is 111 cm³/mol. The van der Waals surface area contributed by atoms with Gasteiger partial charge >= 0.3 is 6.03 Å². The van der Waals surface area contributed by atoms with E-state index in [1.165, 1.54) is 0 Å². The van der Waals surface area contributed by atoms with Gasteiger partial charge in [-0.25, -0.2) is 4.79 Å². The van der Waals surface area contributed by atoms with E-state index >= 15 is 0 Å². The Morgan fingerprint density at radius 2 is 1.82 bits per heavy atom. The van der Waals surface area contributed by atoms with E-state index < -0.39 is 0 Å². The Labute approximate surface area is 161 Å². The van der Waals surface area contributed by atoms with Crippen molar-refractivity contribution in [1.82, 2.24) is 25.9 Å². The maximum absolute atomic E-state index is 13.1. The summed E-state index contributed by atoms with van der Waals surface area (Å²) in [6.45, 7) is 2.72. The number of hydrogen-bond acceptors (Lipinski definition) is 3. The molecule has 4 aromatic rings. The maximum Gasteiger partial charge on any atom is 0.314 e. The van der Waals surface area contributed by atoms with Crippen LogP contribution < -0.4 is 16.0 Å². The highest BCUT2D eigenvalue weighted by Crippen LogP contribution is 2.36. The molecule has 0 fully saturated rings. The van der Waals surface area contributed by atoms with Crippen LogP contribution in [-0.2, 0) is 0 Å². The molecule has 7 nitrogen and oxygen atoms in total. The third-order valence-electron chi connectivity index (χ3n) is 4.98. The van der Waals surface area contributed by atoms with Crippen LogP contribution in [-0.4, -0.2) is 42.0 Å². The Balaban J connectivity index is 1.82. The van der Waals surface area contributed by atoms with E-state index in [0.29, 0.717) is 18.7 Å². The van der Waals surface area contributed by atoms with E-state index in [9.17, 15) is 9.59 Å². The minimum atomic E-state index is -0.279. The molecule has 0 aliphatic rings. The lowest BCUT2D eigenvalue weighted by molar-refractivity contribution is 0.0957. The van der Waals surface area contributed by atoms with Gasteiger partial charge in [0.2, 0.25) is 0 Å². The summed E-state index contributed by atoms with van der Waals surface area (Å²) in [4.78, 5) is 32.0. The average Bonchev–Trinajstić information content (AvgIpc) is 3.10. The molecule has 2 heterocycles. The molecule has 2 aromatic heterocycles. The molecule has 142 valence electrons. The molecule has 2 aromatic carbocycles. The molecule has 4 rings (SSSR count). The molecule has 3 amide bonds. The fourth-order valence-electron chi connectivity index (χ4n) is 3.66. The Kier molecular flexibility index (Phi) is 4.57. The van der Waals surface area contributed by atoms with Crippen molar-refractivity contribution in [3.63, 3.8) is 0 Å². The summed E-state index contributed by atoms with van der Waals surface area (Å²) < 4.78 is 0. The maximum atomic E-state index is 13.1. The zero-order chi connectivity index (χ0) is 19.7. The van der Waals surface area contributed by atoms with Crippen LogP contribution in [0.5, 0.6) is 0 Å². The summed E-state index contributed by atoms with van der Waals surface area (Å²) in [5.41, 5.74) is 3.48. The molecular formula is C21H21N5O2. The lowest BCUT2D eigenvalue weighted by Crippen LogP contribution is -2.38. The number of para-hydroxylation sites is 1. The largest absolute Gasteiger partial charge is 0.354 e. The number of benzene rings is 2. The molecular weight excluding hydrogens is 354 g/mol. The third kappa shape index (κ3) is 2.90. The number of urea groups is 1. The lowest BCUT2D eigenvalue weighted by Gasteiger charge is -2.12. The fraction of sp³-hybridized carbons (Fsp3) is 0.190. The number of pyridine rings is 1. The monoisotopic (exact) mass is 375 g/mol. The minimum Gasteiger partial charge on any atom is -0.354 e. The molecule has 0 unspecified atom stereocenters. The van der Waals surface area contributed by atoms with E-state index in [2.05, 4.69) is 38.9 Å². The Morgan fingerprint density at radius 3 is 2.64 bits per heavy atom. The molecule has 0 radical (unpaired) electrons. The number of carbonyl (C=O) groups is 2. The number of fused-ring (bicyclic) bond motifs is 4. The lowest BCUT2D eigenvalue weighted by atomic mass is 9.96. The van der Waals surface area contributed by atoms with Crippen LogP contribution in [0.1, 0.15) is 15.9 Å². The van der Waals surface area contributed by atoms with Crippen molar-refractivity contribution in [2.24, 2.45) is 0 Å². The van der Waals surface area contributed by atoms with Gasteiger partial charge in [0.15, 0.2) is 0 Å². The topological polar surface area (TPSA) is 98.9 Å². The number of aromatic amines is 1. The Morgan fingerprint density at radius 1 is 1.04 bits per heavy atom. The second-order valence-electron chi connectivity index (χ2n) is 6.60. The molecule has 0 saturated carbocycles. The van der Waals surface area contributed by atoms with Gasteiger partial charge in [-0.1, -0.05) is 18.2 Å². The summed E-state index contributed by atoms with van der Waals surface area (Å²) in [6, 6.07) is 9.61. The molecule has 0 saturated heterocycles. The van der Waals surface area contributed by atoms with Gasteiger partial charge in [-0.3, -0.25) is 9.78 Å². The standard InChI is InChI=1S/C21H21N5O2/c1-12-15-11-23-8-7-13(15)18(20(27)24-9-10-25-21(28)22-2)19-17(12)14-5-3-4-6-16(14)26-19/h3-8,11,26H,9-10H2,1-2H3,(H,24,27)(H2,22,25,28). The van der Waals surface area contributed by atoms with Crippen molar-refractivity contribution in [3.05, 3.63) is 53.9 Å².